The van der Waals surface area contributed by atoms with Crippen molar-refractivity contribution in [2.24, 2.45) is 0 Å². The fourth-order valence-electron chi connectivity index (χ4n) is 3.36. The van der Waals surface area contributed by atoms with Crippen LogP contribution in [-0.2, 0) is 4.79 Å². The van der Waals surface area contributed by atoms with Gasteiger partial charge in [0.25, 0.3) is 0 Å². The topological polar surface area (TPSA) is 61.4 Å². The molecular weight excluding hydrogens is 462 g/mol. The number of hydrogen-bond donors (Lipinski definition) is 2. The van der Waals surface area contributed by atoms with Gasteiger partial charge in [0.2, 0.25) is 5.91 Å². The molecule has 1 unspecified atom stereocenters. The molecule has 4 rings (SSSR count). The molecule has 0 bridgehead atoms. The lowest BCUT2D eigenvalue weighted by Gasteiger charge is -2.26. The first-order chi connectivity index (χ1) is 14.5. The zero-order chi connectivity index (χ0) is 21.1. The molecule has 3 aromatic rings. The van der Waals surface area contributed by atoms with Gasteiger partial charge in [-0.25, -0.2) is 4.79 Å². The van der Waals surface area contributed by atoms with E-state index in [0.717, 1.165) is 21.3 Å². The third-order valence-electron chi connectivity index (χ3n) is 4.78. The lowest BCUT2D eigenvalue weighted by molar-refractivity contribution is -0.115. The third kappa shape index (κ3) is 4.52. The van der Waals surface area contributed by atoms with Crippen LogP contribution in [0.2, 0.25) is 0 Å². The predicted molar refractivity (Wildman–Crippen MR) is 127 cm³/mol. The molecule has 1 atom stereocenters. The molecule has 1 aliphatic heterocycles. The summed E-state index contributed by atoms with van der Waals surface area (Å²) in [5.74, 6) is 0.559. The van der Waals surface area contributed by atoms with E-state index in [-0.39, 0.29) is 17.3 Å². The van der Waals surface area contributed by atoms with E-state index in [1.54, 1.807) is 11.8 Å². The Morgan fingerprint density at radius 1 is 1.00 bits per heavy atom. The van der Waals surface area contributed by atoms with Crippen molar-refractivity contribution in [2.45, 2.75) is 12.3 Å². The van der Waals surface area contributed by atoms with Gasteiger partial charge in [0.1, 0.15) is 5.37 Å². The van der Waals surface area contributed by atoms with Crippen molar-refractivity contribution in [3.63, 3.8) is 0 Å². The van der Waals surface area contributed by atoms with Gasteiger partial charge < -0.3 is 10.6 Å². The van der Waals surface area contributed by atoms with Crippen LogP contribution >= 0.6 is 27.7 Å². The number of hydrogen-bond acceptors (Lipinski definition) is 3. The summed E-state index contributed by atoms with van der Waals surface area (Å²) in [6.07, 6.45) is 0. The van der Waals surface area contributed by atoms with Gasteiger partial charge in [-0.2, -0.15) is 0 Å². The standard InChI is InChI=1S/C23H20BrN3O2S/c1-15-5-2-3-8-20(15)27-21(28)14-30-22(27)16-9-11-18(12-10-16)25-23(29)26-19-7-4-6-17(24)13-19/h2-13,22H,14H2,1H3,(H2,25,26,29). The van der Waals surface area contributed by atoms with Crippen LogP contribution in [0.3, 0.4) is 0 Å². The molecule has 0 aliphatic carbocycles. The van der Waals surface area contributed by atoms with E-state index < -0.39 is 0 Å². The number of para-hydroxylation sites is 1. The van der Waals surface area contributed by atoms with Crippen LogP contribution in [0.1, 0.15) is 16.5 Å². The number of aryl methyl sites for hydroxylation is 1. The van der Waals surface area contributed by atoms with E-state index in [1.807, 2.05) is 84.6 Å². The molecule has 1 aliphatic rings. The number of nitrogens with one attached hydrogen (secondary N) is 2. The number of carbonyl (C=O) groups excluding carboxylic acids is 2. The van der Waals surface area contributed by atoms with Crippen molar-refractivity contribution in [1.29, 1.82) is 0 Å². The molecule has 1 heterocycles. The van der Waals surface area contributed by atoms with E-state index in [1.165, 1.54) is 0 Å². The molecule has 30 heavy (non-hydrogen) atoms. The number of carbonyl (C=O) groups is 2. The van der Waals surface area contributed by atoms with Crippen LogP contribution in [0.15, 0.2) is 77.3 Å². The lowest BCUT2D eigenvalue weighted by Crippen LogP contribution is -2.28. The minimum absolute atomic E-state index is 0.0804. The number of urea groups is 1. The highest BCUT2D eigenvalue weighted by atomic mass is 79.9. The zero-order valence-corrected chi connectivity index (χ0v) is 18.7. The van der Waals surface area contributed by atoms with Gasteiger partial charge in [0.15, 0.2) is 0 Å². The van der Waals surface area contributed by atoms with Crippen molar-refractivity contribution >= 4 is 56.7 Å². The largest absolute Gasteiger partial charge is 0.323 e. The smallest absolute Gasteiger partial charge is 0.308 e. The summed E-state index contributed by atoms with van der Waals surface area (Å²) in [6.45, 7) is 2.01. The number of halogens is 1. The molecule has 5 nitrogen and oxygen atoms in total. The second kappa shape index (κ2) is 8.93. The Bertz CT molecular complexity index is 1090. The lowest BCUT2D eigenvalue weighted by atomic mass is 10.1. The fraction of sp³-hybridized carbons (Fsp3) is 0.130. The summed E-state index contributed by atoms with van der Waals surface area (Å²) in [5.41, 5.74) is 4.41. The Labute approximate surface area is 188 Å². The molecule has 152 valence electrons. The van der Waals surface area contributed by atoms with Crippen LogP contribution in [-0.4, -0.2) is 17.7 Å². The van der Waals surface area contributed by atoms with Crippen molar-refractivity contribution in [3.05, 3.63) is 88.4 Å². The first-order valence-corrected chi connectivity index (χ1v) is 11.3. The molecule has 0 radical (unpaired) electrons. The maximum atomic E-state index is 12.6. The minimum atomic E-state index is -0.312. The van der Waals surface area contributed by atoms with Crippen LogP contribution in [0.25, 0.3) is 0 Å². The number of rotatable bonds is 4. The van der Waals surface area contributed by atoms with Gasteiger partial charge in [-0.1, -0.05) is 52.3 Å². The van der Waals surface area contributed by atoms with E-state index in [2.05, 4.69) is 26.6 Å². The first kappa shape index (κ1) is 20.5. The Balaban J connectivity index is 1.47. The molecule has 0 spiro atoms. The molecule has 3 amide bonds. The van der Waals surface area contributed by atoms with Gasteiger partial charge in [0.05, 0.1) is 5.75 Å². The van der Waals surface area contributed by atoms with Crippen molar-refractivity contribution in [3.8, 4) is 0 Å². The Morgan fingerprint density at radius 2 is 1.73 bits per heavy atom. The van der Waals surface area contributed by atoms with Gasteiger partial charge >= 0.3 is 6.03 Å². The Hall–Kier alpha value is -2.77. The SMILES string of the molecule is Cc1ccccc1N1C(=O)CSC1c1ccc(NC(=O)Nc2cccc(Br)c2)cc1. The maximum Gasteiger partial charge on any atom is 0.323 e. The number of anilines is 3. The highest BCUT2D eigenvalue weighted by molar-refractivity contribution is 9.10. The van der Waals surface area contributed by atoms with Crippen LogP contribution in [0, 0.1) is 6.92 Å². The highest BCUT2D eigenvalue weighted by Crippen LogP contribution is 2.42. The van der Waals surface area contributed by atoms with Gasteiger partial charge in [-0.05, 0) is 54.4 Å². The molecule has 0 aromatic heterocycles. The average Bonchev–Trinajstić information content (AvgIpc) is 3.10. The normalized spacial score (nSPS) is 15.9. The third-order valence-corrected chi connectivity index (χ3v) is 6.48. The van der Waals surface area contributed by atoms with E-state index in [9.17, 15) is 9.59 Å². The Kier molecular flexibility index (Phi) is 6.11. The Morgan fingerprint density at radius 3 is 2.47 bits per heavy atom. The fourth-order valence-corrected chi connectivity index (χ4v) is 4.92. The monoisotopic (exact) mass is 481 g/mol. The molecule has 3 aromatic carbocycles. The molecule has 7 heteroatoms. The summed E-state index contributed by atoms with van der Waals surface area (Å²) in [6, 6.07) is 22.6. The molecule has 1 fully saturated rings. The second-order valence-corrected chi connectivity index (χ2v) is 8.91. The molecule has 0 saturated carbocycles. The maximum absolute atomic E-state index is 12.6. The quantitative estimate of drug-likeness (QED) is 0.467. The summed E-state index contributed by atoms with van der Waals surface area (Å²) in [5, 5.41) is 5.56. The van der Waals surface area contributed by atoms with Gasteiger partial charge in [-0.15, -0.1) is 11.8 Å². The second-order valence-electron chi connectivity index (χ2n) is 6.93. The van der Waals surface area contributed by atoms with Crippen molar-refractivity contribution < 1.29 is 9.59 Å². The molecular formula is C23H20BrN3O2S. The average molecular weight is 482 g/mol. The molecule has 2 N–H and O–H groups in total. The van der Waals surface area contributed by atoms with Crippen molar-refractivity contribution in [2.75, 3.05) is 21.3 Å². The summed E-state index contributed by atoms with van der Waals surface area (Å²) < 4.78 is 0.895. The van der Waals surface area contributed by atoms with Crippen molar-refractivity contribution in [1.82, 2.24) is 0 Å². The highest BCUT2D eigenvalue weighted by Gasteiger charge is 2.34. The van der Waals surface area contributed by atoms with E-state index in [0.29, 0.717) is 17.1 Å². The van der Waals surface area contributed by atoms with E-state index >= 15 is 0 Å². The number of thioether (sulfide) groups is 1. The molecule has 1 saturated heterocycles. The predicted octanol–water partition coefficient (Wildman–Crippen LogP) is 6.18. The summed E-state index contributed by atoms with van der Waals surface area (Å²) >= 11 is 5.00. The number of benzene rings is 3. The number of amides is 3. The summed E-state index contributed by atoms with van der Waals surface area (Å²) in [4.78, 5) is 26.7. The van der Waals surface area contributed by atoms with Crippen LogP contribution < -0.4 is 15.5 Å². The van der Waals surface area contributed by atoms with Gasteiger partial charge in [0, 0.05) is 21.5 Å². The van der Waals surface area contributed by atoms with Gasteiger partial charge in [-0.3, -0.25) is 9.69 Å². The number of nitrogens with zero attached hydrogens (tertiary/aromatic N) is 1. The van der Waals surface area contributed by atoms with Crippen LogP contribution in [0.4, 0.5) is 21.9 Å². The van der Waals surface area contributed by atoms with Crippen LogP contribution in [0.5, 0.6) is 0 Å². The first-order valence-electron chi connectivity index (χ1n) is 9.44. The van der Waals surface area contributed by atoms with E-state index in [4.69, 9.17) is 0 Å². The summed E-state index contributed by atoms with van der Waals surface area (Å²) in [7, 11) is 0. The minimum Gasteiger partial charge on any atom is -0.308 e. The zero-order valence-electron chi connectivity index (χ0n) is 16.3.